The summed E-state index contributed by atoms with van der Waals surface area (Å²) in [5.41, 5.74) is -4.41. The van der Waals surface area contributed by atoms with Gasteiger partial charge >= 0.3 is 18.3 Å². The van der Waals surface area contributed by atoms with Crippen molar-refractivity contribution in [3.63, 3.8) is 0 Å². The second-order valence-corrected chi connectivity index (χ2v) is 29.9. The van der Waals surface area contributed by atoms with Crippen LogP contribution in [0.4, 0.5) is 96.6 Å². The van der Waals surface area contributed by atoms with E-state index < -0.39 is 158 Å². The molecule has 8 aromatic carbocycles. The first-order valence-electron chi connectivity index (χ1n) is 37.5. The van der Waals surface area contributed by atoms with Crippen molar-refractivity contribution in [3.05, 3.63) is 242 Å². The topological polar surface area (TPSA) is 83.1 Å². The van der Waals surface area contributed by atoms with Crippen LogP contribution in [0.2, 0.25) is 0 Å². The molecule has 0 N–H and O–H groups in total. The number of hydrogen-bond donors (Lipinski definition) is 0. The first-order chi connectivity index (χ1) is 54.8. The largest absolute Gasteiger partial charge is 0.432 e. The SMILES string of the molecule is Fc1cc(C2OCC(C3CCCC3)CO2)ccc1-c1cc(F)c(C(F)(F)Oc2cc(F)c(F)c(F)c2)c(F)c1.Fc1cc(OC(F)(F)c2c(F)cc(-c3ccc(C4OCC(C5CCCC5)CO4)cc3)cc2F)cc(F)c1F.Fc1cc(OC(F)(F)c2c(F)cc(C3CCC(C4OCC(C5CCCC5)CO4)CC3)cc2F)cc(F)c1F. The molecule has 7 aliphatic rings. The highest BCUT2D eigenvalue weighted by atomic mass is 19.3. The van der Waals surface area contributed by atoms with Gasteiger partial charge in [-0.15, -0.1) is 0 Å². The number of rotatable bonds is 18. The summed E-state index contributed by atoms with van der Waals surface area (Å²) < 4.78 is 358. The predicted molar refractivity (Wildman–Crippen MR) is 368 cm³/mol. The van der Waals surface area contributed by atoms with Gasteiger partial charge in [-0.3, -0.25) is 0 Å². The van der Waals surface area contributed by atoms with E-state index in [-0.39, 0.29) is 82.7 Å². The molecule has 0 bridgehead atoms. The van der Waals surface area contributed by atoms with Crippen LogP contribution in [0.1, 0.15) is 155 Å². The Morgan fingerprint density at radius 2 is 0.548 bits per heavy atom. The molecule has 0 radical (unpaired) electrons. The summed E-state index contributed by atoms with van der Waals surface area (Å²) in [7, 11) is 0. The van der Waals surface area contributed by atoms with Crippen molar-refractivity contribution in [2.75, 3.05) is 39.6 Å². The molecular formula is C84H74F22O9. The van der Waals surface area contributed by atoms with E-state index >= 15 is 0 Å². The summed E-state index contributed by atoms with van der Waals surface area (Å²) in [4.78, 5) is 0. The standard InChI is InChI=1S/C28H22F8O3.C28H29F7O3.C28H23F7O3/c29-20-7-15(27-37-12-17(13-38-27)14-3-1-2-4-14)5-6-19(20)16-8-21(30)25(22(31)9-16)28(35,36)39-18-10-23(32)26(34)24(33)11-18;2*29-21-9-18(10-22(30)25(21)28(34,35)38-20-11-23(31)26(33)24(32)12-20)16-5-7-17(8-6-16)27-36-13-19(14-37-27)15-3-1-2-4-15/h5-11,14,17,27H,1-4,12-13H2;9-12,15-17,19,27H,1-8,13-14H2;5-12,15,19,27H,1-4,13-14H2. The van der Waals surface area contributed by atoms with Crippen molar-refractivity contribution < 1.29 is 139 Å². The van der Waals surface area contributed by atoms with Crippen LogP contribution >= 0.6 is 0 Å². The Bertz CT molecular complexity index is 4590. The number of halogens is 22. The lowest BCUT2D eigenvalue weighted by atomic mass is 9.78. The van der Waals surface area contributed by atoms with Crippen LogP contribution in [0, 0.1) is 135 Å². The van der Waals surface area contributed by atoms with Crippen LogP contribution in [0.15, 0.2) is 115 Å². The molecule has 31 heteroatoms. The molecule has 0 amide bonds. The number of ether oxygens (including phenoxy) is 9. The molecule has 4 aliphatic carbocycles. The van der Waals surface area contributed by atoms with Crippen LogP contribution in [0.25, 0.3) is 22.3 Å². The Hall–Kier alpha value is -8.62. The highest BCUT2D eigenvalue weighted by molar-refractivity contribution is 5.66. The van der Waals surface area contributed by atoms with E-state index in [4.69, 9.17) is 28.4 Å². The molecule has 3 aliphatic heterocycles. The lowest BCUT2D eigenvalue weighted by molar-refractivity contribution is -0.234. The molecule has 15 rings (SSSR count). The zero-order valence-electron chi connectivity index (χ0n) is 60.9. The highest BCUT2D eigenvalue weighted by Gasteiger charge is 2.46. The molecule has 3 heterocycles. The van der Waals surface area contributed by atoms with E-state index in [0.717, 1.165) is 31.0 Å². The molecule has 8 aromatic rings. The Kier molecular flexibility index (Phi) is 26.2. The van der Waals surface area contributed by atoms with Crippen LogP contribution in [0.5, 0.6) is 17.2 Å². The van der Waals surface area contributed by atoms with E-state index in [1.54, 1.807) is 24.3 Å². The van der Waals surface area contributed by atoms with E-state index in [1.807, 2.05) is 0 Å². The fourth-order valence-electron chi connectivity index (χ4n) is 16.3. The summed E-state index contributed by atoms with van der Waals surface area (Å²) in [6.45, 7) is 3.46. The van der Waals surface area contributed by atoms with Crippen molar-refractivity contribution in [2.24, 2.45) is 41.4 Å². The molecule has 0 atom stereocenters. The van der Waals surface area contributed by atoms with Crippen molar-refractivity contribution in [3.8, 4) is 39.5 Å². The highest BCUT2D eigenvalue weighted by Crippen LogP contribution is 2.47. The second-order valence-electron chi connectivity index (χ2n) is 29.9. The van der Waals surface area contributed by atoms with Crippen molar-refractivity contribution in [2.45, 2.75) is 146 Å². The molecule has 618 valence electrons. The van der Waals surface area contributed by atoms with E-state index in [9.17, 15) is 96.6 Å². The first-order valence-corrected chi connectivity index (χ1v) is 37.5. The zero-order valence-corrected chi connectivity index (χ0v) is 60.9. The van der Waals surface area contributed by atoms with Gasteiger partial charge in [0.2, 0.25) is 0 Å². The quantitative estimate of drug-likeness (QED) is 0.0616. The van der Waals surface area contributed by atoms with Gasteiger partial charge in [0.05, 0.1) is 39.6 Å². The van der Waals surface area contributed by atoms with Gasteiger partial charge in [-0.25, -0.2) is 70.2 Å². The maximum Gasteiger partial charge on any atom is 0.432 e. The van der Waals surface area contributed by atoms with Crippen molar-refractivity contribution in [1.82, 2.24) is 0 Å². The molecule has 0 unspecified atom stereocenters. The maximum absolute atomic E-state index is 15.0. The summed E-state index contributed by atoms with van der Waals surface area (Å²) in [5.74, 6) is -28.1. The molecule has 0 spiro atoms. The Labute approximate surface area is 645 Å². The monoisotopic (exact) mass is 1640 g/mol. The number of alkyl halides is 6. The third kappa shape index (κ3) is 19.5. The van der Waals surface area contributed by atoms with Crippen LogP contribution in [0.3, 0.4) is 0 Å². The summed E-state index contributed by atoms with van der Waals surface area (Å²) >= 11 is 0. The minimum atomic E-state index is -4.75. The van der Waals surface area contributed by atoms with E-state index in [0.29, 0.717) is 136 Å². The molecular weight excluding hydrogens is 1570 g/mol. The Morgan fingerprint density at radius 1 is 0.252 bits per heavy atom. The van der Waals surface area contributed by atoms with E-state index in [2.05, 4.69) is 14.2 Å². The summed E-state index contributed by atoms with van der Waals surface area (Å²) in [6.07, 6.45) is 1.26. The maximum atomic E-state index is 15.0. The lowest BCUT2D eigenvalue weighted by Gasteiger charge is -2.39. The number of benzene rings is 8. The Morgan fingerprint density at radius 3 is 0.887 bits per heavy atom. The summed E-state index contributed by atoms with van der Waals surface area (Å²) in [5, 5.41) is 0. The fourth-order valence-corrected chi connectivity index (χ4v) is 16.3. The molecule has 115 heavy (non-hydrogen) atoms. The molecule has 7 fully saturated rings. The average molecular weight is 1650 g/mol. The fraction of sp³-hybridized carbons (Fsp3) is 0.429. The second kappa shape index (κ2) is 35.7. The molecule has 3 saturated heterocycles. The van der Waals surface area contributed by atoms with Crippen LogP contribution in [-0.4, -0.2) is 45.9 Å². The van der Waals surface area contributed by atoms with Gasteiger partial charge in [-0.1, -0.05) is 113 Å². The summed E-state index contributed by atoms with van der Waals surface area (Å²) in [6, 6.07) is 15.0. The first kappa shape index (κ1) is 84.3. The van der Waals surface area contributed by atoms with Gasteiger partial charge in [0.25, 0.3) is 0 Å². The van der Waals surface area contributed by atoms with Crippen LogP contribution in [-0.2, 0) is 46.7 Å². The lowest BCUT2D eigenvalue weighted by Crippen LogP contribution is -2.40. The number of hydrogen-bond acceptors (Lipinski definition) is 9. The van der Waals surface area contributed by atoms with Gasteiger partial charge in [-0.2, -0.15) is 26.3 Å². The third-order valence-electron chi connectivity index (χ3n) is 22.3. The van der Waals surface area contributed by atoms with Crippen LogP contribution < -0.4 is 14.2 Å². The molecule has 4 saturated carbocycles. The van der Waals surface area contributed by atoms with Crippen molar-refractivity contribution >= 4 is 0 Å². The third-order valence-corrected chi connectivity index (χ3v) is 22.3. The van der Waals surface area contributed by atoms with Gasteiger partial charge < -0.3 is 42.6 Å². The van der Waals surface area contributed by atoms with Gasteiger partial charge in [0, 0.05) is 76.8 Å². The van der Waals surface area contributed by atoms with Gasteiger partial charge in [0.15, 0.2) is 71.2 Å². The van der Waals surface area contributed by atoms with Crippen molar-refractivity contribution in [1.29, 1.82) is 0 Å². The molecule has 0 aromatic heterocycles. The zero-order chi connectivity index (χ0) is 81.9. The predicted octanol–water partition coefficient (Wildman–Crippen LogP) is 24.2. The van der Waals surface area contributed by atoms with E-state index in [1.165, 1.54) is 76.3 Å². The minimum Gasteiger partial charge on any atom is -0.429 e. The normalized spacial score (nSPS) is 22.7. The smallest absolute Gasteiger partial charge is 0.429 e. The molecule has 9 nitrogen and oxygen atoms in total. The minimum absolute atomic E-state index is 0.0308. The van der Waals surface area contributed by atoms with Gasteiger partial charge in [0.1, 0.15) is 74.7 Å². The Balaban J connectivity index is 0.000000150. The van der Waals surface area contributed by atoms with Gasteiger partial charge in [-0.05, 0) is 114 Å². The average Bonchev–Trinajstić information content (AvgIpc) is 1.53.